The topological polar surface area (TPSA) is 148 Å². The van der Waals surface area contributed by atoms with Gasteiger partial charge in [-0.05, 0) is 69.1 Å². The van der Waals surface area contributed by atoms with E-state index in [9.17, 15) is 24.3 Å². The summed E-state index contributed by atoms with van der Waals surface area (Å²) in [6.45, 7) is 9.24. The van der Waals surface area contributed by atoms with Crippen LogP contribution in [0.15, 0.2) is 91.0 Å². The van der Waals surface area contributed by atoms with Crippen molar-refractivity contribution in [3.8, 4) is 0 Å². The summed E-state index contributed by atoms with van der Waals surface area (Å²) in [6, 6.07) is 26.6. The number of aliphatic hydroxyl groups excluding tert-OH is 1. The molecule has 0 aliphatic rings. The van der Waals surface area contributed by atoms with E-state index in [1.54, 1.807) is 20.8 Å². The van der Waals surface area contributed by atoms with E-state index in [1.807, 2.05) is 105 Å². The standard InChI is InChI=1S/C40H53N3O6/c1-27(2)21-32(38(47)42-34(37(41)46)24-30-19-13-8-14-20-30)26-35(44)31(22-28-15-9-6-10-16-28)25-36(45)33(23-29-17-11-7-12-18-29)43-39(48)49-40(3,4)5/h6-20,27,31-34,36,45H,21-26H2,1-5H3,(H2,41,46)(H,42,47)(H,43,48)/t31-,32?,33+,34?,36?/m1/s1. The molecule has 3 aromatic rings. The van der Waals surface area contributed by atoms with Gasteiger partial charge in [0.2, 0.25) is 11.8 Å². The minimum absolute atomic E-state index is 0.0506. The monoisotopic (exact) mass is 671 g/mol. The maximum atomic E-state index is 14.2. The van der Waals surface area contributed by atoms with Crippen LogP contribution in [0.25, 0.3) is 0 Å². The number of primary amides is 1. The van der Waals surface area contributed by atoms with E-state index in [0.717, 1.165) is 16.7 Å². The first-order valence-electron chi connectivity index (χ1n) is 17.1. The fourth-order valence-electron chi connectivity index (χ4n) is 5.92. The summed E-state index contributed by atoms with van der Waals surface area (Å²) in [7, 11) is 0. The summed E-state index contributed by atoms with van der Waals surface area (Å²) in [4.78, 5) is 53.1. The van der Waals surface area contributed by atoms with Gasteiger partial charge in [0.1, 0.15) is 17.4 Å². The molecule has 0 bridgehead atoms. The molecule has 5 atom stereocenters. The minimum Gasteiger partial charge on any atom is -0.444 e. The zero-order valence-corrected chi connectivity index (χ0v) is 29.4. The van der Waals surface area contributed by atoms with Crippen LogP contribution in [0.2, 0.25) is 0 Å². The van der Waals surface area contributed by atoms with Gasteiger partial charge in [0.15, 0.2) is 0 Å². The van der Waals surface area contributed by atoms with Gasteiger partial charge in [0.05, 0.1) is 12.1 Å². The number of nitrogens with one attached hydrogen (secondary N) is 2. The van der Waals surface area contributed by atoms with E-state index < -0.39 is 53.5 Å². The lowest BCUT2D eigenvalue weighted by Crippen LogP contribution is -2.49. The minimum atomic E-state index is -1.10. The van der Waals surface area contributed by atoms with Gasteiger partial charge in [-0.2, -0.15) is 0 Å². The molecule has 3 unspecified atom stereocenters. The third-order valence-electron chi connectivity index (χ3n) is 8.29. The average molecular weight is 672 g/mol. The Hall–Kier alpha value is -4.50. The van der Waals surface area contributed by atoms with Crippen molar-refractivity contribution in [2.24, 2.45) is 23.5 Å². The molecule has 264 valence electrons. The van der Waals surface area contributed by atoms with E-state index in [2.05, 4.69) is 10.6 Å². The van der Waals surface area contributed by atoms with Gasteiger partial charge >= 0.3 is 6.09 Å². The molecular weight excluding hydrogens is 618 g/mol. The summed E-state index contributed by atoms with van der Waals surface area (Å²) in [5.74, 6) is -2.52. The highest BCUT2D eigenvalue weighted by Crippen LogP contribution is 2.25. The quantitative estimate of drug-likeness (QED) is 0.139. The third kappa shape index (κ3) is 14.3. The van der Waals surface area contributed by atoms with Crippen LogP contribution < -0.4 is 16.4 Å². The lowest BCUT2D eigenvalue weighted by molar-refractivity contribution is -0.134. The normalized spacial score (nSPS) is 14.6. The molecule has 9 heteroatoms. The Morgan fingerprint density at radius 1 is 0.714 bits per heavy atom. The zero-order valence-electron chi connectivity index (χ0n) is 29.4. The summed E-state index contributed by atoms with van der Waals surface area (Å²) >= 11 is 0. The molecule has 3 amide bonds. The highest BCUT2D eigenvalue weighted by molar-refractivity contribution is 5.91. The van der Waals surface area contributed by atoms with Crippen molar-refractivity contribution in [2.45, 2.75) is 96.9 Å². The van der Waals surface area contributed by atoms with Gasteiger partial charge in [-0.25, -0.2) is 4.79 Å². The Balaban J connectivity index is 1.85. The Kier molecular flexibility index (Phi) is 15.0. The van der Waals surface area contributed by atoms with E-state index in [0.29, 0.717) is 19.3 Å². The molecule has 0 aliphatic heterocycles. The van der Waals surface area contributed by atoms with Crippen molar-refractivity contribution < 1.29 is 29.0 Å². The second kappa shape index (κ2) is 18.9. The van der Waals surface area contributed by atoms with E-state index >= 15 is 0 Å². The molecule has 0 saturated carbocycles. The lowest BCUT2D eigenvalue weighted by atomic mass is 9.82. The van der Waals surface area contributed by atoms with Crippen molar-refractivity contribution in [1.82, 2.24) is 10.6 Å². The second-order valence-corrected chi connectivity index (χ2v) is 14.3. The largest absolute Gasteiger partial charge is 0.444 e. The number of rotatable bonds is 18. The number of aliphatic hydroxyl groups is 1. The van der Waals surface area contributed by atoms with Gasteiger partial charge < -0.3 is 26.2 Å². The molecule has 0 fully saturated rings. The number of hydrogen-bond donors (Lipinski definition) is 4. The van der Waals surface area contributed by atoms with Gasteiger partial charge in [-0.1, -0.05) is 105 Å². The number of amides is 3. The highest BCUT2D eigenvalue weighted by atomic mass is 16.6. The zero-order chi connectivity index (χ0) is 36.0. The molecule has 0 aromatic heterocycles. The van der Waals surface area contributed by atoms with Gasteiger partial charge in [-0.3, -0.25) is 14.4 Å². The van der Waals surface area contributed by atoms with Crippen LogP contribution in [0.5, 0.6) is 0 Å². The Bertz CT molecular complexity index is 1470. The van der Waals surface area contributed by atoms with Crippen molar-refractivity contribution in [2.75, 3.05) is 0 Å². The molecular formula is C40H53N3O6. The van der Waals surface area contributed by atoms with Crippen LogP contribution >= 0.6 is 0 Å². The first-order chi connectivity index (χ1) is 23.2. The second-order valence-electron chi connectivity index (χ2n) is 14.3. The SMILES string of the molecule is CC(C)CC(CC(=O)[C@H](Cc1ccccc1)CC(O)[C@H](Cc1ccccc1)NC(=O)OC(C)(C)C)C(=O)NC(Cc1ccccc1)C(N)=O. The number of hydrogen-bond acceptors (Lipinski definition) is 6. The lowest BCUT2D eigenvalue weighted by Gasteiger charge is -2.29. The molecule has 49 heavy (non-hydrogen) atoms. The van der Waals surface area contributed by atoms with Gasteiger partial charge in [-0.15, -0.1) is 0 Å². The van der Waals surface area contributed by atoms with Crippen LogP contribution in [-0.2, 0) is 38.4 Å². The van der Waals surface area contributed by atoms with E-state index in [4.69, 9.17) is 10.5 Å². The summed E-state index contributed by atoms with van der Waals surface area (Å²) in [6.07, 6.45) is -0.467. The predicted octanol–water partition coefficient (Wildman–Crippen LogP) is 5.57. The number of carbonyl (C=O) groups excluding carboxylic acids is 4. The highest BCUT2D eigenvalue weighted by Gasteiger charge is 2.33. The number of ether oxygens (including phenoxy) is 1. The number of alkyl carbamates (subject to hydrolysis) is 1. The molecule has 3 rings (SSSR count). The van der Waals surface area contributed by atoms with E-state index in [-0.39, 0.29) is 31.0 Å². The van der Waals surface area contributed by atoms with Crippen molar-refractivity contribution in [1.29, 1.82) is 0 Å². The molecule has 9 nitrogen and oxygen atoms in total. The Morgan fingerprint density at radius 2 is 1.20 bits per heavy atom. The number of carbonyl (C=O) groups is 4. The number of nitrogens with two attached hydrogens (primary N) is 1. The smallest absolute Gasteiger partial charge is 0.407 e. The summed E-state index contributed by atoms with van der Waals surface area (Å²) < 4.78 is 5.50. The Morgan fingerprint density at radius 3 is 1.67 bits per heavy atom. The number of benzene rings is 3. The Labute approximate surface area is 291 Å². The van der Waals surface area contributed by atoms with Crippen molar-refractivity contribution in [3.63, 3.8) is 0 Å². The van der Waals surface area contributed by atoms with Crippen molar-refractivity contribution in [3.05, 3.63) is 108 Å². The molecule has 0 radical (unpaired) electrons. The molecule has 0 saturated heterocycles. The first kappa shape index (κ1) is 38.9. The molecule has 0 aliphatic carbocycles. The summed E-state index contributed by atoms with van der Waals surface area (Å²) in [5, 5.41) is 17.3. The van der Waals surface area contributed by atoms with E-state index in [1.165, 1.54) is 0 Å². The molecule has 3 aromatic carbocycles. The van der Waals surface area contributed by atoms with Crippen LogP contribution in [-0.4, -0.2) is 52.6 Å². The molecule has 0 heterocycles. The van der Waals surface area contributed by atoms with Crippen molar-refractivity contribution >= 4 is 23.7 Å². The fraction of sp³-hybridized carbons (Fsp3) is 0.450. The number of ketones is 1. The van der Waals surface area contributed by atoms with Gasteiger partial charge in [0, 0.05) is 24.7 Å². The molecule has 0 spiro atoms. The average Bonchev–Trinajstić information content (AvgIpc) is 3.03. The molecule has 5 N–H and O–H groups in total. The third-order valence-corrected chi connectivity index (χ3v) is 8.29. The number of Topliss-reactive ketones (excluding diaryl/α,β-unsaturated/α-hetero) is 1. The van der Waals surface area contributed by atoms with Gasteiger partial charge in [0.25, 0.3) is 0 Å². The fourth-order valence-corrected chi connectivity index (χ4v) is 5.92. The van der Waals surface area contributed by atoms with Crippen LogP contribution in [0.3, 0.4) is 0 Å². The maximum Gasteiger partial charge on any atom is 0.407 e. The van der Waals surface area contributed by atoms with Crippen LogP contribution in [0, 0.1) is 17.8 Å². The first-order valence-corrected chi connectivity index (χ1v) is 17.1. The van der Waals surface area contributed by atoms with Crippen LogP contribution in [0.1, 0.15) is 70.6 Å². The summed E-state index contributed by atoms with van der Waals surface area (Å²) in [5.41, 5.74) is 7.62. The maximum absolute atomic E-state index is 14.2. The predicted molar refractivity (Wildman–Crippen MR) is 191 cm³/mol. The van der Waals surface area contributed by atoms with Crippen LogP contribution in [0.4, 0.5) is 4.79 Å².